The lowest BCUT2D eigenvalue weighted by Crippen LogP contribution is -2.38. The number of imidazole rings is 1. The van der Waals surface area contributed by atoms with Gasteiger partial charge in [0.05, 0.1) is 29.5 Å². The molecule has 1 atom stereocenters. The number of hydrogen-bond acceptors (Lipinski definition) is 6. The summed E-state index contributed by atoms with van der Waals surface area (Å²) >= 11 is 0. The van der Waals surface area contributed by atoms with E-state index in [0.29, 0.717) is 6.04 Å². The Hall–Kier alpha value is -2.67. The summed E-state index contributed by atoms with van der Waals surface area (Å²) in [5.41, 5.74) is 1.85. The Kier molecular flexibility index (Phi) is 4.71. The molecule has 3 heterocycles. The van der Waals surface area contributed by atoms with Crippen molar-refractivity contribution < 1.29 is 4.74 Å². The van der Waals surface area contributed by atoms with Gasteiger partial charge in [0.25, 0.3) is 0 Å². The quantitative estimate of drug-likeness (QED) is 0.735. The fraction of sp³-hybridized carbons (Fsp3) is 0.421. The van der Waals surface area contributed by atoms with E-state index in [2.05, 4.69) is 20.6 Å². The van der Waals surface area contributed by atoms with Gasteiger partial charge in [0.15, 0.2) is 5.82 Å². The first-order valence-electron chi connectivity index (χ1n) is 9.12. The van der Waals surface area contributed by atoms with E-state index < -0.39 is 0 Å². The van der Waals surface area contributed by atoms with E-state index in [1.807, 2.05) is 36.6 Å². The SMILES string of the molecule is CC(C)Oc1ccc2c(c1)ncn2-c1cncc(NC2CCCNC2)n1. The van der Waals surface area contributed by atoms with Crippen LogP contribution in [0.15, 0.2) is 36.9 Å². The van der Waals surface area contributed by atoms with Crippen molar-refractivity contribution in [1.82, 2.24) is 24.8 Å². The molecule has 1 unspecified atom stereocenters. The summed E-state index contributed by atoms with van der Waals surface area (Å²) in [4.78, 5) is 13.6. The Labute approximate surface area is 152 Å². The van der Waals surface area contributed by atoms with Crippen molar-refractivity contribution in [2.45, 2.75) is 38.8 Å². The third-order valence-corrected chi connectivity index (χ3v) is 4.41. The minimum Gasteiger partial charge on any atom is -0.491 e. The van der Waals surface area contributed by atoms with Crippen LogP contribution in [-0.4, -0.2) is 44.8 Å². The number of nitrogens with zero attached hydrogens (tertiary/aromatic N) is 4. The van der Waals surface area contributed by atoms with E-state index in [-0.39, 0.29) is 6.10 Å². The molecule has 3 aromatic rings. The average molecular weight is 352 g/mol. The maximum atomic E-state index is 5.75. The van der Waals surface area contributed by atoms with E-state index in [9.17, 15) is 0 Å². The second kappa shape index (κ2) is 7.29. The molecule has 0 bridgehead atoms. The normalized spacial score (nSPS) is 17.6. The molecule has 0 radical (unpaired) electrons. The lowest BCUT2D eigenvalue weighted by molar-refractivity contribution is 0.242. The maximum absolute atomic E-state index is 5.75. The van der Waals surface area contributed by atoms with Crippen LogP contribution in [0.2, 0.25) is 0 Å². The van der Waals surface area contributed by atoms with Crippen molar-refractivity contribution in [3.63, 3.8) is 0 Å². The van der Waals surface area contributed by atoms with Crippen LogP contribution in [0.1, 0.15) is 26.7 Å². The highest BCUT2D eigenvalue weighted by atomic mass is 16.5. The zero-order valence-corrected chi connectivity index (χ0v) is 15.1. The number of aromatic nitrogens is 4. The number of anilines is 1. The van der Waals surface area contributed by atoms with E-state index >= 15 is 0 Å². The second-order valence-electron chi connectivity index (χ2n) is 6.88. The number of piperidine rings is 1. The Morgan fingerprint density at radius 3 is 3.04 bits per heavy atom. The molecular formula is C19H24N6O. The zero-order valence-electron chi connectivity index (χ0n) is 15.1. The van der Waals surface area contributed by atoms with Crippen LogP contribution in [0.4, 0.5) is 5.82 Å². The van der Waals surface area contributed by atoms with Crippen molar-refractivity contribution >= 4 is 16.9 Å². The number of fused-ring (bicyclic) bond motifs is 1. The molecule has 1 aromatic carbocycles. The number of benzene rings is 1. The summed E-state index contributed by atoms with van der Waals surface area (Å²) in [6.07, 6.45) is 7.76. The summed E-state index contributed by atoms with van der Waals surface area (Å²) < 4.78 is 7.70. The predicted octanol–water partition coefficient (Wildman–Crippen LogP) is 2.77. The predicted molar refractivity (Wildman–Crippen MR) is 102 cm³/mol. The molecule has 1 aliphatic heterocycles. The molecule has 26 heavy (non-hydrogen) atoms. The van der Waals surface area contributed by atoms with Gasteiger partial charge in [-0.25, -0.2) is 9.97 Å². The van der Waals surface area contributed by atoms with Crippen molar-refractivity contribution in [1.29, 1.82) is 0 Å². The summed E-state index contributed by atoms with van der Waals surface area (Å²) in [5, 5.41) is 6.87. The molecule has 2 N–H and O–H groups in total. The summed E-state index contributed by atoms with van der Waals surface area (Å²) in [6.45, 7) is 6.07. The van der Waals surface area contributed by atoms with Crippen molar-refractivity contribution in [3.05, 3.63) is 36.9 Å². The second-order valence-corrected chi connectivity index (χ2v) is 6.88. The lowest BCUT2D eigenvalue weighted by atomic mass is 10.1. The van der Waals surface area contributed by atoms with Crippen LogP contribution in [0.25, 0.3) is 16.9 Å². The molecule has 0 amide bonds. The van der Waals surface area contributed by atoms with Crippen LogP contribution >= 0.6 is 0 Å². The molecule has 136 valence electrons. The molecule has 2 aromatic heterocycles. The van der Waals surface area contributed by atoms with Crippen LogP contribution in [0, 0.1) is 0 Å². The number of hydrogen-bond donors (Lipinski definition) is 2. The number of rotatable bonds is 5. The topological polar surface area (TPSA) is 76.9 Å². The van der Waals surface area contributed by atoms with Crippen LogP contribution in [0.3, 0.4) is 0 Å². The Morgan fingerprint density at radius 2 is 2.23 bits per heavy atom. The van der Waals surface area contributed by atoms with E-state index in [1.54, 1.807) is 18.7 Å². The first-order chi connectivity index (χ1) is 12.7. The molecular weight excluding hydrogens is 328 g/mol. The summed E-state index contributed by atoms with van der Waals surface area (Å²) in [7, 11) is 0. The van der Waals surface area contributed by atoms with Gasteiger partial charge in [-0.1, -0.05) is 0 Å². The molecule has 1 saturated heterocycles. The van der Waals surface area contributed by atoms with Gasteiger partial charge in [-0.15, -0.1) is 0 Å². The fourth-order valence-corrected chi connectivity index (χ4v) is 3.25. The molecule has 1 fully saturated rings. The first kappa shape index (κ1) is 16.8. The molecule has 7 nitrogen and oxygen atoms in total. The van der Waals surface area contributed by atoms with Crippen LogP contribution < -0.4 is 15.4 Å². The maximum Gasteiger partial charge on any atom is 0.159 e. The van der Waals surface area contributed by atoms with Crippen molar-refractivity contribution in [2.24, 2.45) is 0 Å². The van der Waals surface area contributed by atoms with Gasteiger partial charge >= 0.3 is 0 Å². The molecule has 0 spiro atoms. The van der Waals surface area contributed by atoms with Crippen molar-refractivity contribution in [3.8, 4) is 11.6 Å². The van der Waals surface area contributed by atoms with Gasteiger partial charge in [0.2, 0.25) is 0 Å². The smallest absolute Gasteiger partial charge is 0.159 e. The number of ether oxygens (including phenoxy) is 1. The molecule has 7 heteroatoms. The zero-order chi connectivity index (χ0) is 17.9. The van der Waals surface area contributed by atoms with Gasteiger partial charge < -0.3 is 15.4 Å². The molecule has 4 rings (SSSR count). The van der Waals surface area contributed by atoms with E-state index in [0.717, 1.165) is 47.9 Å². The Bertz CT molecular complexity index is 885. The van der Waals surface area contributed by atoms with E-state index in [4.69, 9.17) is 9.72 Å². The minimum atomic E-state index is 0.137. The van der Waals surface area contributed by atoms with Gasteiger partial charge in [-0.3, -0.25) is 9.55 Å². The third-order valence-electron chi connectivity index (χ3n) is 4.41. The highest BCUT2D eigenvalue weighted by Gasteiger charge is 2.14. The number of nitrogens with one attached hydrogen (secondary N) is 2. The summed E-state index contributed by atoms with van der Waals surface area (Å²) in [5.74, 6) is 2.36. The Morgan fingerprint density at radius 1 is 1.31 bits per heavy atom. The fourth-order valence-electron chi connectivity index (χ4n) is 3.25. The summed E-state index contributed by atoms with van der Waals surface area (Å²) in [6, 6.07) is 6.31. The molecule has 0 aliphatic carbocycles. The van der Waals surface area contributed by atoms with Crippen molar-refractivity contribution in [2.75, 3.05) is 18.4 Å². The van der Waals surface area contributed by atoms with E-state index in [1.165, 1.54) is 6.42 Å². The van der Waals surface area contributed by atoms with Crippen LogP contribution in [-0.2, 0) is 0 Å². The minimum absolute atomic E-state index is 0.137. The van der Waals surface area contributed by atoms with Gasteiger partial charge in [0, 0.05) is 18.7 Å². The first-order valence-corrected chi connectivity index (χ1v) is 9.12. The highest BCUT2D eigenvalue weighted by molar-refractivity contribution is 5.78. The molecule has 1 aliphatic rings. The van der Waals surface area contributed by atoms with Gasteiger partial charge in [-0.2, -0.15) is 0 Å². The monoisotopic (exact) mass is 352 g/mol. The highest BCUT2D eigenvalue weighted by Crippen LogP contribution is 2.23. The largest absolute Gasteiger partial charge is 0.491 e. The van der Waals surface area contributed by atoms with Gasteiger partial charge in [0.1, 0.15) is 17.9 Å². The lowest BCUT2D eigenvalue weighted by Gasteiger charge is -2.24. The Balaban J connectivity index is 1.59. The van der Waals surface area contributed by atoms with Crippen LogP contribution in [0.5, 0.6) is 5.75 Å². The standard InChI is InChI=1S/C19H24N6O/c1-13(2)26-15-5-6-17-16(8-15)22-12-25(17)19-11-21-10-18(24-19)23-14-4-3-7-20-9-14/h5-6,8,10-14,20H,3-4,7,9H2,1-2H3,(H,23,24). The molecule has 0 saturated carbocycles. The van der Waals surface area contributed by atoms with Gasteiger partial charge in [-0.05, 0) is 45.4 Å². The average Bonchev–Trinajstić information content (AvgIpc) is 3.05. The third kappa shape index (κ3) is 3.62.